The predicted molar refractivity (Wildman–Crippen MR) is 69.5 cm³/mol. The van der Waals surface area contributed by atoms with Crippen LogP contribution < -0.4 is 10.6 Å². The highest BCUT2D eigenvalue weighted by molar-refractivity contribution is 7.16. The van der Waals surface area contributed by atoms with Crippen LogP contribution in [0.2, 0.25) is 0 Å². The fourth-order valence-corrected chi connectivity index (χ4v) is 2.43. The number of aliphatic hydroxyl groups is 1. The maximum atomic E-state index is 11.6. The minimum Gasteiger partial charge on any atom is -0.478 e. The molecule has 100 valence electrons. The Labute approximate surface area is 109 Å². The van der Waals surface area contributed by atoms with E-state index in [0.717, 1.165) is 4.88 Å². The van der Waals surface area contributed by atoms with Crippen molar-refractivity contribution in [1.29, 1.82) is 0 Å². The average Bonchev–Trinajstić information content (AvgIpc) is 2.53. The number of carbonyl (C=O) groups is 2. The zero-order valence-electron chi connectivity index (χ0n) is 10.4. The van der Waals surface area contributed by atoms with Crippen molar-refractivity contribution in [3.63, 3.8) is 0 Å². The molecule has 4 N–H and O–H groups in total. The number of anilines is 1. The number of carboxylic acids is 1. The Balaban J connectivity index is 2.88. The molecule has 0 aliphatic rings. The minimum absolute atomic E-state index is 0.115. The van der Waals surface area contributed by atoms with Crippen molar-refractivity contribution in [1.82, 2.24) is 5.32 Å². The topological polar surface area (TPSA) is 98.7 Å². The molecule has 0 aromatic carbocycles. The molecule has 0 fully saturated rings. The Morgan fingerprint density at radius 2 is 2.00 bits per heavy atom. The zero-order valence-corrected chi connectivity index (χ0v) is 11.2. The molecule has 1 aromatic heterocycles. The number of hydrogen-bond acceptors (Lipinski definition) is 4. The number of aliphatic hydroxyl groups excluding tert-OH is 1. The lowest BCUT2D eigenvalue weighted by Crippen LogP contribution is -2.38. The Kier molecular flexibility index (Phi) is 4.69. The summed E-state index contributed by atoms with van der Waals surface area (Å²) in [5.74, 6) is -1.07. The molecule has 0 aliphatic carbocycles. The van der Waals surface area contributed by atoms with E-state index in [1.807, 2.05) is 0 Å². The van der Waals surface area contributed by atoms with Gasteiger partial charge >= 0.3 is 12.0 Å². The van der Waals surface area contributed by atoms with Gasteiger partial charge in [-0.1, -0.05) is 0 Å². The first kappa shape index (κ1) is 14.5. The summed E-state index contributed by atoms with van der Waals surface area (Å²) >= 11 is 1.22. The van der Waals surface area contributed by atoms with Gasteiger partial charge in [0, 0.05) is 4.88 Å². The lowest BCUT2D eigenvalue weighted by molar-refractivity contribution is 0.0697. The van der Waals surface area contributed by atoms with Gasteiger partial charge < -0.3 is 15.5 Å². The summed E-state index contributed by atoms with van der Waals surface area (Å²) in [4.78, 5) is 23.5. The van der Waals surface area contributed by atoms with E-state index in [1.54, 1.807) is 20.8 Å². The first-order valence-electron chi connectivity index (χ1n) is 5.38. The van der Waals surface area contributed by atoms with Crippen LogP contribution >= 0.6 is 11.3 Å². The highest BCUT2D eigenvalue weighted by atomic mass is 32.1. The molecule has 1 aromatic rings. The van der Waals surface area contributed by atoms with Crippen LogP contribution in [-0.2, 0) is 0 Å². The van der Waals surface area contributed by atoms with Crippen LogP contribution in [0.1, 0.15) is 27.7 Å². The smallest absolute Gasteiger partial charge is 0.338 e. The highest BCUT2D eigenvalue weighted by Gasteiger charge is 2.20. The van der Waals surface area contributed by atoms with Gasteiger partial charge in [0.25, 0.3) is 0 Å². The summed E-state index contributed by atoms with van der Waals surface area (Å²) in [7, 11) is 0. The summed E-state index contributed by atoms with van der Waals surface area (Å²) in [5, 5.41) is 23.2. The van der Waals surface area contributed by atoms with E-state index in [9.17, 15) is 9.59 Å². The van der Waals surface area contributed by atoms with Gasteiger partial charge in [0.1, 0.15) is 5.00 Å². The van der Waals surface area contributed by atoms with E-state index < -0.39 is 12.0 Å². The van der Waals surface area contributed by atoms with Crippen LogP contribution in [0.3, 0.4) is 0 Å². The number of thiophene rings is 1. The summed E-state index contributed by atoms with van der Waals surface area (Å²) in [6.07, 6.45) is 0. The van der Waals surface area contributed by atoms with Crippen LogP contribution in [0.25, 0.3) is 0 Å². The largest absolute Gasteiger partial charge is 0.478 e. The van der Waals surface area contributed by atoms with Crippen LogP contribution in [0.15, 0.2) is 0 Å². The standard InChI is InChI=1S/C11H16N2O4S/c1-5(4-14)12-11(17)13-9-8(10(15)16)6(2)7(3)18-9/h5,14H,4H2,1-3H3,(H,15,16)(H2,12,13,17)/t5-/m0/s1. The summed E-state index contributed by atoms with van der Waals surface area (Å²) in [6.45, 7) is 4.96. The maximum Gasteiger partial charge on any atom is 0.338 e. The second-order valence-electron chi connectivity index (χ2n) is 3.97. The fraction of sp³-hybridized carbons (Fsp3) is 0.455. The SMILES string of the molecule is Cc1sc(NC(=O)N[C@@H](C)CO)c(C(=O)O)c1C. The molecule has 2 amide bonds. The van der Waals surface area contributed by atoms with Crippen molar-refractivity contribution < 1.29 is 19.8 Å². The van der Waals surface area contributed by atoms with Gasteiger partial charge in [0.2, 0.25) is 0 Å². The third kappa shape index (κ3) is 3.21. The Morgan fingerprint density at radius 1 is 1.39 bits per heavy atom. The maximum absolute atomic E-state index is 11.6. The van der Waals surface area contributed by atoms with Gasteiger partial charge in [-0.25, -0.2) is 9.59 Å². The predicted octanol–water partition coefficient (Wildman–Crippen LogP) is 1.57. The number of hydrogen-bond donors (Lipinski definition) is 4. The molecule has 0 saturated carbocycles. The number of aryl methyl sites for hydroxylation is 1. The molecule has 0 aliphatic heterocycles. The first-order valence-corrected chi connectivity index (χ1v) is 6.20. The quantitative estimate of drug-likeness (QED) is 0.668. The van der Waals surface area contributed by atoms with Gasteiger partial charge in [0.15, 0.2) is 0 Å². The normalized spacial score (nSPS) is 12.0. The van der Waals surface area contributed by atoms with Crippen LogP contribution in [-0.4, -0.2) is 34.9 Å². The number of aromatic carboxylic acids is 1. The molecule has 0 radical (unpaired) electrons. The van der Waals surface area contributed by atoms with Crippen molar-refractivity contribution in [2.75, 3.05) is 11.9 Å². The van der Waals surface area contributed by atoms with Crippen molar-refractivity contribution in [2.45, 2.75) is 26.8 Å². The van der Waals surface area contributed by atoms with Crippen LogP contribution in [0.5, 0.6) is 0 Å². The zero-order chi connectivity index (χ0) is 13.9. The fourth-order valence-electron chi connectivity index (χ4n) is 1.38. The van der Waals surface area contributed by atoms with Crippen molar-refractivity contribution in [3.05, 3.63) is 16.0 Å². The van der Waals surface area contributed by atoms with E-state index in [-0.39, 0.29) is 18.2 Å². The molecule has 0 saturated heterocycles. The van der Waals surface area contributed by atoms with E-state index in [2.05, 4.69) is 10.6 Å². The van der Waals surface area contributed by atoms with E-state index in [0.29, 0.717) is 10.6 Å². The van der Waals surface area contributed by atoms with Crippen molar-refractivity contribution in [3.8, 4) is 0 Å². The van der Waals surface area contributed by atoms with E-state index >= 15 is 0 Å². The average molecular weight is 272 g/mol. The molecule has 1 atom stereocenters. The molecule has 7 heteroatoms. The molecular formula is C11H16N2O4S. The third-order valence-corrected chi connectivity index (χ3v) is 3.60. The monoisotopic (exact) mass is 272 g/mol. The Hall–Kier alpha value is -1.60. The van der Waals surface area contributed by atoms with Crippen molar-refractivity contribution >= 4 is 28.3 Å². The number of amides is 2. The Bertz CT molecular complexity index is 470. The second kappa shape index (κ2) is 5.83. The third-order valence-electron chi connectivity index (χ3n) is 2.48. The molecule has 6 nitrogen and oxygen atoms in total. The van der Waals surface area contributed by atoms with Crippen LogP contribution in [0, 0.1) is 13.8 Å². The number of carbonyl (C=O) groups excluding carboxylic acids is 1. The van der Waals surface area contributed by atoms with Gasteiger partial charge in [-0.3, -0.25) is 5.32 Å². The summed E-state index contributed by atoms with van der Waals surface area (Å²) in [6, 6.07) is -0.916. The minimum atomic E-state index is -1.07. The number of rotatable bonds is 4. The number of nitrogens with one attached hydrogen (secondary N) is 2. The van der Waals surface area contributed by atoms with Crippen LogP contribution in [0.4, 0.5) is 9.80 Å². The Morgan fingerprint density at radius 3 is 2.50 bits per heavy atom. The van der Waals surface area contributed by atoms with Gasteiger partial charge in [0.05, 0.1) is 18.2 Å². The van der Waals surface area contributed by atoms with Gasteiger partial charge in [-0.2, -0.15) is 0 Å². The number of carboxylic acid groups (broad SMARTS) is 1. The summed E-state index contributed by atoms with van der Waals surface area (Å²) in [5.41, 5.74) is 0.766. The molecule has 18 heavy (non-hydrogen) atoms. The second-order valence-corrected chi connectivity index (χ2v) is 5.20. The molecule has 0 spiro atoms. The van der Waals surface area contributed by atoms with Crippen molar-refractivity contribution in [2.24, 2.45) is 0 Å². The molecular weight excluding hydrogens is 256 g/mol. The first-order chi connectivity index (χ1) is 8.36. The molecule has 1 rings (SSSR count). The summed E-state index contributed by atoms with van der Waals surface area (Å²) < 4.78 is 0. The van der Waals surface area contributed by atoms with Gasteiger partial charge in [-0.05, 0) is 26.3 Å². The lowest BCUT2D eigenvalue weighted by Gasteiger charge is -2.11. The lowest BCUT2D eigenvalue weighted by atomic mass is 10.1. The van der Waals surface area contributed by atoms with E-state index in [4.69, 9.17) is 10.2 Å². The van der Waals surface area contributed by atoms with E-state index in [1.165, 1.54) is 11.3 Å². The molecule has 0 unspecified atom stereocenters. The van der Waals surface area contributed by atoms with Gasteiger partial charge in [-0.15, -0.1) is 11.3 Å². The molecule has 0 bridgehead atoms. The molecule has 1 heterocycles. The number of urea groups is 1. The highest BCUT2D eigenvalue weighted by Crippen LogP contribution is 2.32.